The Labute approximate surface area is 153 Å². The van der Waals surface area contributed by atoms with E-state index in [9.17, 15) is 4.79 Å². The van der Waals surface area contributed by atoms with E-state index in [0.717, 1.165) is 10.0 Å². The Bertz CT molecular complexity index is 752. The predicted molar refractivity (Wildman–Crippen MR) is 98.0 cm³/mol. The van der Waals surface area contributed by atoms with Gasteiger partial charge >= 0.3 is 0 Å². The molecule has 126 valence electrons. The number of ether oxygens (including phenoxy) is 2. The number of carbonyl (C=O) groups is 1. The molecule has 0 aliphatic rings. The van der Waals surface area contributed by atoms with E-state index in [0.29, 0.717) is 16.5 Å². The molecule has 0 radical (unpaired) electrons. The van der Waals surface area contributed by atoms with Gasteiger partial charge in [-0.1, -0.05) is 33.6 Å². The standard InChI is InChI=1S/C17H16BrClN2O3/c1-11(24-15-5-3-4-14(19)9-15)17(22)21-20-10-12-8-13(18)6-7-16(12)23-2/h3-11H,1-2H3,(H,21,22)/b20-10-/t11-/m0/s1. The van der Waals surface area contributed by atoms with Crippen molar-refractivity contribution in [1.82, 2.24) is 5.43 Å². The second kappa shape index (κ2) is 8.70. The lowest BCUT2D eigenvalue weighted by Gasteiger charge is -2.13. The van der Waals surface area contributed by atoms with Crippen LogP contribution >= 0.6 is 27.5 Å². The molecule has 2 aromatic rings. The Balaban J connectivity index is 1.96. The highest BCUT2D eigenvalue weighted by atomic mass is 79.9. The molecule has 0 fully saturated rings. The summed E-state index contributed by atoms with van der Waals surface area (Å²) < 4.78 is 11.6. The van der Waals surface area contributed by atoms with Crippen molar-refractivity contribution in [2.45, 2.75) is 13.0 Å². The lowest BCUT2D eigenvalue weighted by atomic mass is 10.2. The van der Waals surface area contributed by atoms with Gasteiger partial charge in [0.2, 0.25) is 0 Å². The number of benzene rings is 2. The highest BCUT2D eigenvalue weighted by Crippen LogP contribution is 2.21. The summed E-state index contributed by atoms with van der Waals surface area (Å²) in [6.07, 6.45) is 0.790. The number of hydrogen-bond donors (Lipinski definition) is 1. The van der Waals surface area contributed by atoms with E-state index in [2.05, 4.69) is 26.5 Å². The number of halogens is 2. The number of methoxy groups -OCH3 is 1. The first-order valence-electron chi connectivity index (χ1n) is 7.08. The van der Waals surface area contributed by atoms with E-state index in [-0.39, 0.29) is 5.91 Å². The summed E-state index contributed by atoms with van der Waals surface area (Å²) in [4.78, 5) is 12.0. The summed E-state index contributed by atoms with van der Waals surface area (Å²) in [5.41, 5.74) is 3.17. The quantitative estimate of drug-likeness (QED) is 0.577. The van der Waals surface area contributed by atoms with Crippen LogP contribution in [-0.2, 0) is 4.79 Å². The van der Waals surface area contributed by atoms with Crippen molar-refractivity contribution in [3.8, 4) is 11.5 Å². The van der Waals surface area contributed by atoms with E-state index >= 15 is 0 Å². The molecule has 0 saturated carbocycles. The van der Waals surface area contributed by atoms with Crippen LogP contribution in [0.1, 0.15) is 12.5 Å². The number of hydrogen-bond acceptors (Lipinski definition) is 4. The van der Waals surface area contributed by atoms with Gasteiger partial charge < -0.3 is 9.47 Å². The average molecular weight is 412 g/mol. The minimum absolute atomic E-state index is 0.375. The Morgan fingerprint density at radius 3 is 2.83 bits per heavy atom. The largest absolute Gasteiger partial charge is 0.496 e. The molecule has 2 rings (SSSR count). The van der Waals surface area contributed by atoms with Crippen LogP contribution in [0.25, 0.3) is 0 Å². The zero-order chi connectivity index (χ0) is 17.5. The number of hydrazone groups is 1. The van der Waals surface area contributed by atoms with Crippen molar-refractivity contribution in [2.24, 2.45) is 5.10 Å². The number of rotatable bonds is 6. The fourth-order valence-corrected chi connectivity index (χ4v) is 2.42. The first kappa shape index (κ1) is 18.3. The zero-order valence-electron chi connectivity index (χ0n) is 13.1. The Morgan fingerprint density at radius 2 is 2.12 bits per heavy atom. The summed E-state index contributed by atoms with van der Waals surface area (Å²) in [5.74, 6) is 0.794. The predicted octanol–water partition coefficient (Wildman–Crippen LogP) is 4.03. The molecule has 0 spiro atoms. The number of amides is 1. The number of carbonyl (C=O) groups excluding carboxylic acids is 1. The van der Waals surface area contributed by atoms with Crippen LogP contribution in [0.2, 0.25) is 5.02 Å². The van der Waals surface area contributed by atoms with E-state index in [4.69, 9.17) is 21.1 Å². The van der Waals surface area contributed by atoms with Crippen LogP contribution in [0, 0.1) is 0 Å². The molecule has 0 aliphatic heterocycles. The number of nitrogens with one attached hydrogen (secondary N) is 1. The molecule has 2 aromatic carbocycles. The average Bonchev–Trinajstić information content (AvgIpc) is 2.55. The van der Waals surface area contributed by atoms with E-state index in [1.54, 1.807) is 44.4 Å². The van der Waals surface area contributed by atoms with E-state index in [1.165, 1.54) is 6.21 Å². The third-order valence-electron chi connectivity index (χ3n) is 3.05. The molecule has 1 N–H and O–H groups in total. The summed E-state index contributed by atoms with van der Waals surface area (Å²) in [5, 5.41) is 4.48. The molecular formula is C17H16BrClN2O3. The van der Waals surface area contributed by atoms with Crippen LogP contribution in [0.15, 0.2) is 52.0 Å². The van der Waals surface area contributed by atoms with Crippen LogP contribution in [-0.4, -0.2) is 25.3 Å². The first-order valence-corrected chi connectivity index (χ1v) is 8.25. The normalized spacial score (nSPS) is 12.0. The maximum absolute atomic E-state index is 12.0. The monoisotopic (exact) mass is 410 g/mol. The third-order valence-corrected chi connectivity index (χ3v) is 3.78. The van der Waals surface area contributed by atoms with Crippen molar-refractivity contribution in [1.29, 1.82) is 0 Å². The number of nitrogens with zero attached hydrogens (tertiary/aromatic N) is 1. The molecule has 0 heterocycles. The van der Waals surface area contributed by atoms with Crippen molar-refractivity contribution in [2.75, 3.05) is 7.11 Å². The second-order valence-electron chi connectivity index (χ2n) is 4.84. The van der Waals surface area contributed by atoms with Gasteiger partial charge in [-0.25, -0.2) is 5.43 Å². The zero-order valence-corrected chi connectivity index (χ0v) is 15.5. The second-order valence-corrected chi connectivity index (χ2v) is 6.19. The molecule has 7 heteroatoms. The topological polar surface area (TPSA) is 59.9 Å². The van der Waals surface area contributed by atoms with Gasteiger partial charge in [0.1, 0.15) is 11.5 Å². The van der Waals surface area contributed by atoms with Crippen LogP contribution in [0.3, 0.4) is 0 Å². The molecule has 24 heavy (non-hydrogen) atoms. The highest BCUT2D eigenvalue weighted by Gasteiger charge is 2.14. The fraction of sp³-hybridized carbons (Fsp3) is 0.176. The van der Waals surface area contributed by atoms with Crippen LogP contribution < -0.4 is 14.9 Å². The van der Waals surface area contributed by atoms with Gasteiger partial charge in [0.25, 0.3) is 5.91 Å². The van der Waals surface area contributed by atoms with Gasteiger partial charge in [0, 0.05) is 15.1 Å². The molecule has 0 aromatic heterocycles. The first-order chi connectivity index (χ1) is 11.5. The minimum Gasteiger partial charge on any atom is -0.496 e. The summed E-state index contributed by atoms with van der Waals surface area (Å²) >= 11 is 9.26. The van der Waals surface area contributed by atoms with Gasteiger partial charge in [-0.05, 0) is 43.3 Å². The molecule has 5 nitrogen and oxygen atoms in total. The molecule has 1 atom stereocenters. The van der Waals surface area contributed by atoms with Crippen LogP contribution in [0.5, 0.6) is 11.5 Å². The van der Waals surface area contributed by atoms with E-state index in [1.807, 2.05) is 12.1 Å². The molecular weight excluding hydrogens is 396 g/mol. The Kier molecular flexibility index (Phi) is 6.63. The third kappa shape index (κ3) is 5.25. The SMILES string of the molecule is COc1ccc(Br)cc1/C=N\NC(=O)[C@H](C)Oc1cccc(Cl)c1. The van der Waals surface area contributed by atoms with Crippen LogP contribution in [0.4, 0.5) is 0 Å². The highest BCUT2D eigenvalue weighted by molar-refractivity contribution is 9.10. The molecule has 1 amide bonds. The Morgan fingerprint density at radius 1 is 1.33 bits per heavy atom. The summed E-state index contributed by atoms with van der Waals surface area (Å²) in [6.45, 7) is 1.63. The smallest absolute Gasteiger partial charge is 0.280 e. The van der Waals surface area contributed by atoms with Gasteiger partial charge in [0.15, 0.2) is 6.10 Å². The van der Waals surface area contributed by atoms with Crippen molar-refractivity contribution in [3.63, 3.8) is 0 Å². The molecule has 0 unspecified atom stereocenters. The fourth-order valence-electron chi connectivity index (χ4n) is 1.86. The van der Waals surface area contributed by atoms with Crippen molar-refractivity contribution < 1.29 is 14.3 Å². The molecule has 0 saturated heterocycles. The maximum atomic E-state index is 12.0. The van der Waals surface area contributed by atoms with E-state index < -0.39 is 6.10 Å². The minimum atomic E-state index is -0.718. The van der Waals surface area contributed by atoms with Gasteiger partial charge in [-0.3, -0.25) is 4.79 Å². The summed E-state index contributed by atoms with van der Waals surface area (Å²) in [6, 6.07) is 12.3. The lowest BCUT2D eigenvalue weighted by Crippen LogP contribution is -2.33. The van der Waals surface area contributed by atoms with Crippen molar-refractivity contribution >= 4 is 39.7 Å². The Hall–Kier alpha value is -2.05. The lowest BCUT2D eigenvalue weighted by molar-refractivity contribution is -0.127. The van der Waals surface area contributed by atoms with Gasteiger partial charge in [-0.15, -0.1) is 0 Å². The molecule has 0 bridgehead atoms. The van der Waals surface area contributed by atoms with Crippen molar-refractivity contribution in [3.05, 3.63) is 57.5 Å². The molecule has 0 aliphatic carbocycles. The maximum Gasteiger partial charge on any atom is 0.280 e. The van der Waals surface area contributed by atoms with Gasteiger partial charge in [0.05, 0.1) is 13.3 Å². The van der Waals surface area contributed by atoms with Gasteiger partial charge in [-0.2, -0.15) is 5.10 Å². The summed E-state index contributed by atoms with van der Waals surface area (Å²) in [7, 11) is 1.57.